The van der Waals surface area contributed by atoms with Crippen molar-refractivity contribution in [3.8, 4) is 6.07 Å². The molecule has 0 spiro atoms. The van der Waals surface area contributed by atoms with Crippen molar-refractivity contribution in [2.45, 2.75) is 15.7 Å². The molecule has 0 bridgehead atoms. The quantitative estimate of drug-likeness (QED) is 0.462. The fourth-order valence-electron chi connectivity index (χ4n) is 1.10. The van der Waals surface area contributed by atoms with Gasteiger partial charge in [-0.25, -0.2) is 0 Å². The van der Waals surface area contributed by atoms with Gasteiger partial charge in [-0.2, -0.15) is 10.4 Å². The number of halogens is 1. The molecule has 3 atom stereocenters. The molecule has 0 aromatic heterocycles. The first-order valence-electron chi connectivity index (χ1n) is 3.10. The van der Waals surface area contributed by atoms with Crippen molar-refractivity contribution >= 4 is 33.4 Å². The van der Waals surface area contributed by atoms with Crippen LogP contribution in [0.2, 0.25) is 0 Å². The van der Waals surface area contributed by atoms with Gasteiger partial charge < -0.3 is 0 Å². The maximum Gasteiger partial charge on any atom is 0.157 e. The van der Waals surface area contributed by atoms with Gasteiger partial charge in [0, 0.05) is 0 Å². The Bertz CT molecular complexity index is 247. The Hall–Kier alpha value is -0.250. The molecule has 0 radical (unpaired) electrons. The first-order valence-corrected chi connectivity index (χ1v) is 4.96. The molecule has 0 saturated carbocycles. The second-order valence-corrected chi connectivity index (χ2v) is 5.03. The van der Waals surface area contributed by atoms with E-state index in [0.717, 1.165) is 0 Å². The van der Waals surface area contributed by atoms with E-state index in [-0.39, 0.29) is 15.7 Å². The smallest absolute Gasteiger partial charge is 0.157 e. The normalized spacial score (nSPS) is 40.7. The molecular formula is C5H5BrN4S. The van der Waals surface area contributed by atoms with Crippen molar-refractivity contribution < 1.29 is 0 Å². The van der Waals surface area contributed by atoms with Gasteiger partial charge in [0.2, 0.25) is 0 Å². The zero-order valence-corrected chi connectivity index (χ0v) is 7.82. The summed E-state index contributed by atoms with van der Waals surface area (Å²) in [4.78, 5) is 0. The fourth-order valence-corrected chi connectivity index (χ4v) is 3.04. The summed E-state index contributed by atoms with van der Waals surface area (Å²) in [5.74, 6) is 0. The van der Waals surface area contributed by atoms with Gasteiger partial charge in [-0.15, -0.1) is 11.8 Å². The topological polar surface area (TPSA) is 60.2 Å². The highest BCUT2D eigenvalue weighted by atomic mass is 79.9. The molecule has 2 unspecified atom stereocenters. The minimum atomic E-state index is 0.0781. The van der Waals surface area contributed by atoms with E-state index in [2.05, 4.69) is 31.8 Å². The summed E-state index contributed by atoms with van der Waals surface area (Å²) in [6, 6.07) is 2.12. The van der Waals surface area contributed by atoms with Gasteiger partial charge in [-0.3, -0.25) is 10.7 Å². The molecule has 0 aromatic carbocycles. The molecule has 1 fully saturated rings. The summed E-state index contributed by atoms with van der Waals surface area (Å²) >= 11 is 5.08. The lowest BCUT2D eigenvalue weighted by molar-refractivity contribution is 0.650. The number of alkyl halides is 1. The van der Waals surface area contributed by atoms with Gasteiger partial charge in [0.25, 0.3) is 0 Å². The van der Waals surface area contributed by atoms with Crippen LogP contribution in [0, 0.1) is 11.3 Å². The van der Waals surface area contributed by atoms with Crippen LogP contribution in [0.25, 0.3) is 0 Å². The third kappa shape index (κ3) is 1.13. The molecule has 2 rings (SSSR count). The zero-order valence-electron chi connectivity index (χ0n) is 5.41. The van der Waals surface area contributed by atoms with Gasteiger partial charge in [0.05, 0.1) is 6.04 Å². The van der Waals surface area contributed by atoms with Crippen molar-refractivity contribution in [3.63, 3.8) is 0 Å². The van der Waals surface area contributed by atoms with Crippen LogP contribution in [0.15, 0.2) is 5.10 Å². The predicted molar refractivity (Wildman–Crippen MR) is 47.2 cm³/mol. The monoisotopic (exact) mass is 232 g/mol. The fraction of sp³-hybridized carbons (Fsp3) is 0.600. The number of nitrogens with zero attached hydrogens (tertiary/aromatic N) is 2. The summed E-state index contributed by atoms with van der Waals surface area (Å²) in [6.45, 7) is 0. The van der Waals surface area contributed by atoms with Crippen molar-refractivity contribution in [1.29, 1.82) is 5.26 Å². The Morgan fingerprint density at radius 1 is 1.73 bits per heavy atom. The Labute approximate surface area is 76.5 Å². The largest absolute Gasteiger partial charge is 0.294 e. The third-order valence-corrected chi connectivity index (χ3v) is 3.56. The molecule has 2 N–H and O–H groups in total. The summed E-state index contributed by atoms with van der Waals surface area (Å²) in [6.07, 6.45) is 0. The lowest BCUT2D eigenvalue weighted by Gasteiger charge is -2.04. The Kier molecular flexibility index (Phi) is 1.79. The van der Waals surface area contributed by atoms with Crippen LogP contribution in [0.1, 0.15) is 0 Å². The van der Waals surface area contributed by atoms with Gasteiger partial charge >= 0.3 is 0 Å². The predicted octanol–water partition coefficient (Wildman–Crippen LogP) is 0.179. The Morgan fingerprint density at radius 2 is 2.55 bits per heavy atom. The van der Waals surface area contributed by atoms with E-state index >= 15 is 0 Å². The van der Waals surface area contributed by atoms with E-state index < -0.39 is 0 Å². The van der Waals surface area contributed by atoms with E-state index in [1.54, 1.807) is 11.8 Å². The molecule has 1 saturated heterocycles. The van der Waals surface area contributed by atoms with Crippen molar-refractivity contribution in [2.24, 2.45) is 5.10 Å². The SMILES string of the molecule is N#CC1=NNC2SC(Br)N[C@H]12. The van der Waals surface area contributed by atoms with Crippen LogP contribution < -0.4 is 10.7 Å². The van der Waals surface area contributed by atoms with E-state index in [1.807, 2.05) is 6.07 Å². The highest BCUT2D eigenvalue weighted by molar-refractivity contribution is 9.11. The standard InChI is InChI=1S/C5H5BrN4S/c6-5-8-3-2(1-7)9-10-4(3)11-5/h3-5,8,10H/t3-,4?,5?/m1/s1. The van der Waals surface area contributed by atoms with Crippen molar-refractivity contribution in [2.75, 3.05) is 0 Å². The minimum Gasteiger partial charge on any atom is -0.294 e. The second kappa shape index (κ2) is 2.66. The molecule has 0 amide bonds. The van der Waals surface area contributed by atoms with Crippen molar-refractivity contribution in [1.82, 2.24) is 10.7 Å². The van der Waals surface area contributed by atoms with Crippen LogP contribution in [0.3, 0.4) is 0 Å². The molecule has 58 valence electrons. The molecular weight excluding hydrogens is 228 g/mol. The second-order valence-electron chi connectivity index (χ2n) is 2.26. The van der Waals surface area contributed by atoms with Crippen LogP contribution >= 0.6 is 27.7 Å². The number of nitrogens with one attached hydrogen (secondary N) is 2. The molecule has 0 aromatic rings. The van der Waals surface area contributed by atoms with E-state index in [1.165, 1.54) is 0 Å². The average molecular weight is 233 g/mol. The summed E-state index contributed by atoms with van der Waals surface area (Å²) < 4.78 is 0.226. The summed E-state index contributed by atoms with van der Waals surface area (Å²) in [7, 11) is 0. The van der Waals surface area contributed by atoms with Crippen LogP contribution in [0.5, 0.6) is 0 Å². The number of hydrogen-bond donors (Lipinski definition) is 2. The first kappa shape index (κ1) is 7.40. The van der Waals surface area contributed by atoms with Gasteiger partial charge in [-0.1, -0.05) is 15.9 Å². The molecule has 6 heteroatoms. The highest BCUT2D eigenvalue weighted by Crippen LogP contribution is 2.31. The van der Waals surface area contributed by atoms with Crippen LogP contribution in [-0.2, 0) is 0 Å². The van der Waals surface area contributed by atoms with Gasteiger partial charge in [0.1, 0.15) is 15.7 Å². The maximum atomic E-state index is 8.61. The van der Waals surface area contributed by atoms with Crippen molar-refractivity contribution in [3.05, 3.63) is 0 Å². The number of fused-ring (bicyclic) bond motifs is 1. The first-order chi connectivity index (χ1) is 5.31. The number of thioether (sulfide) groups is 1. The maximum absolute atomic E-state index is 8.61. The lowest BCUT2D eigenvalue weighted by atomic mass is 10.2. The summed E-state index contributed by atoms with van der Waals surface area (Å²) in [5, 5.41) is 15.9. The minimum absolute atomic E-state index is 0.0781. The number of rotatable bonds is 0. The van der Waals surface area contributed by atoms with E-state index in [0.29, 0.717) is 5.71 Å². The van der Waals surface area contributed by atoms with Crippen LogP contribution in [0.4, 0.5) is 0 Å². The molecule has 2 heterocycles. The number of hydrogen-bond acceptors (Lipinski definition) is 5. The molecule has 4 nitrogen and oxygen atoms in total. The summed E-state index contributed by atoms with van der Waals surface area (Å²) in [5.41, 5.74) is 3.43. The lowest BCUT2D eigenvalue weighted by Crippen LogP contribution is -2.37. The van der Waals surface area contributed by atoms with Crippen LogP contribution in [-0.4, -0.2) is 21.4 Å². The van der Waals surface area contributed by atoms with Gasteiger partial charge in [-0.05, 0) is 0 Å². The van der Waals surface area contributed by atoms with E-state index in [4.69, 9.17) is 5.26 Å². The zero-order chi connectivity index (χ0) is 7.84. The average Bonchev–Trinajstić information content (AvgIpc) is 2.45. The highest BCUT2D eigenvalue weighted by Gasteiger charge is 2.40. The third-order valence-electron chi connectivity index (χ3n) is 1.60. The molecule has 2 aliphatic rings. The Morgan fingerprint density at radius 3 is 3.27 bits per heavy atom. The molecule has 11 heavy (non-hydrogen) atoms. The Balaban J connectivity index is 2.16. The number of hydrazone groups is 1. The molecule has 0 aliphatic carbocycles. The van der Waals surface area contributed by atoms with E-state index in [9.17, 15) is 0 Å². The number of nitriles is 1. The molecule has 2 aliphatic heterocycles. The van der Waals surface area contributed by atoms with Gasteiger partial charge in [0.15, 0.2) is 5.71 Å².